The predicted octanol–water partition coefficient (Wildman–Crippen LogP) is 3.20. The van der Waals surface area contributed by atoms with Crippen molar-refractivity contribution in [2.75, 3.05) is 6.61 Å². The van der Waals surface area contributed by atoms with Gasteiger partial charge in [0, 0.05) is 5.41 Å². The highest BCUT2D eigenvalue weighted by Crippen LogP contribution is 2.35. The summed E-state index contributed by atoms with van der Waals surface area (Å²) in [5.74, 6) is 0.0855. The van der Waals surface area contributed by atoms with Crippen molar-refractivity contribution < 1.29 is 9.90 Å². The lowest BCUT2D eigenvalue weighted by atomic mass is 9.81. The van der Waals surface area contributed by atoms with Gasteiger partial charge in [-0.15, -0.1) is 0 Å². The zero-order chi connectivity index (χ0) is 14.4. The molecule has 2 N–H and O–H groups in total. The summed E-state index contributed by atoms with van der Waals surface area (Å²) in [7, 11) is 0. The van der Waals surface area contributed by atoms with Crippen LogP contribution in [0.5, 0.6) is 0 Å². The molecule has 0 radical (unpaired) electrons. The Hall–Kier alpha value is -1.35. The predicted molar refractivity (Wildman–Crippen MR) is 80.2 cm³/mol. The molecule has 0 aromatic heterocycles. The van der Waals surface area contributed by atoms with Crippen LogP contribution in [0.4, 0.5) is 0 Å². The fraction of sp³-hybridized carbons (Fsp3) is 0.588. The highest BCUT2D eigenvalue weighted by atomic mass is 16.3. The van der Waals surface area contributed by atoms with Crippen molar-refractivity contribution in [3.63, 3.8) is 0 Å². The van der Waals surface area contributed by atoms with Crippen LogP contribution in [0.2, 0.25) is 0 Å². The standard InChI is InChI=1S/C17H25NO2/c1-17(11-7-2-3-8-12-17)16(20)18-15(13-19)14-9-5-4-6-10-14/h4-6,9-10,15,19H,2-3,7-8,11-13H2,1H3,(H,18,20)/t15-/m1/s1. The molecule has 1 fully saturated rings. The molecule has 3 heteroatoms. The van der Waals surface area contributed by atoms with Crippen LogP contribution in [-0.4, -0.2) is 17.6 Å². The van der Waals surface area contributed by atoms with Crippen LogP contribution >= 0.6 is 0 Å². The first kappa shape index (κ1) is 15.0. The first-order chi connectivity index (χ1) is 9.65. The number of hydrogen-bond acceptors (Lipinski definition) is 2. The summed E-state index contributed by atoms with van der Waals surface area (Å²) in [6.07, 6.45) is 6.60. The number of carbonyl (C=O) groups is 1. The van der Waals surface area contributed by atoms with E-state index in [4.69, 9.17) is 0 Å². The summed E-state index contributed by atoms with van der Waals surface area (Å²) >= 11 is 0. The van der Waals surface area contributed by atoms with E-state index < -0.39 is 0 Å². The van der Waals surface area contributed by atoms with Crippen LogP contribution in [0.1, 0.15) is 57.1 Å². The molecule has 0 unspecified atom stereocenters. The minimum atomic E-state index is -0.302. The SMILES string of the molecule is CC1(C(=O)N[C@H](CO)c2ccccc2)CCCCCC1. The third-order valence-corrected chi connectivity index (χ3v) is 4.45. The quantitative estimate of drug-likeness (QED) is 0.829. The molecule has 0 heterocycles. The van der Waals surface area contributed by atoms with Gasteiger partial charge in [0.1, 0.15) is 0 Å². The monoisotopic (exact) mass is 275 g/mol. The molecule has 0 saturated heterocycles. The second-order valence-electron chi connectivity index (χ2n) is 6.09. The zero-order valence-electron chi connectivity index (χ0n) is 12.3. The van der Waals surface area contributed by atoms with Gasteiger partial charge in [0.2, 0.25) is 5.91 Å². The second kappa shape index (κ2) is 6.89. The minimum absolute atomic E-state index is 0.0637. The van der Waals surface area contributed by atoms with E-state index in [0.717, 1.165) is 31.2 Å². The maximum absolute atomic E-state index is 12.6. The summed E-state index contributed by atoms with van der Waals surface area (Å²) in [4.78, 5) is 12.6. The lowest BCUT2D eigenvalue weighted by Crippen LogP contribution is -2.41. The third-order valence-electron chi connectivity index (χ3n) is 4.45. The van der Waals surface area contributed by atoms with Crippen LogP contribution in [0.3, 0.4) is 0 Å². The Morgan fingerprint density at radius 2 is 1.80 bits per heavy atom. The average Bonchev–Trinajstić information content (AvgIpc) is 2.71. The van der Waals surface area contributed by atoms with Crippen molar-refractivity contribution in [2.24, 2.45) is 5.41 Å². The van der Waals surface area contributed by atoms with Crippen molar-refractivity contribution in [1.29, 1.82) is 0 Å². The fourth-order valence-electron chi connectivity index (χ4n) is 2.99. The van der Waals surface area contributed by atoms with Crippen molar-refractivity contribution >= 4 is 5.91 Å². The first-order valence-electron chi connectivity index (χ1n) is 7.62. The largest absolute Gasteiger partial charge is 0.394 e. The molecule has 1 amide bonds. The molecule has 0 spiro atoms. The number of carbonyl (C=O) groups excluding carboxylic acids is 1. The maximum Gasteiger partial charge on any atom is 0.226 e. The van der Waals surface area contributed by atoms with Crippen molar-refractivity contribution in [2.45, 2.75) is 51.5 Å². The topological polar surface area (TPSA) is 49.3 Å². The Morgan fingerprint density at radius 1 is 1.20 bits per heavy atom. The van der Waals surface area contributed by atoms with Gasteiger partial charge in [-0.1, -0.05) is 62.9 Å². The Kier molecular flexibility index (Phi) is 5.18. The number of rotatable bonds is 4. The molecule has 1 atom stereocenters. The normalized spacial score (nSPS) is 19.9. The van der Waals surface area contributed by atoms with Crippen molar-refractivity contribution in [1.82, 2.24) is 5.32 Å². The molecular formula is C17H25NO2. The molecule has 2 rings (SSSR count). The van der Waals surface area contributed by atoms with E-state index in [0.29, 0.717) is 0 Å². The molecule has 1 aromatic carbocycles. The van der Waals surface area contributed by atoms with Crippen LogP contribution in [0.15, 0.2) is 30.3 Å². The highest BCUT2D eigenvalue weighted by Gasteiger charge is 2.34. The van der Waals surface area contributed by atoms with E-state index in [-0.39, 0.29) is 24.0 Å². The molecule has 1 saturated carbocycles. The van der Waals surface area contributed by atoms with Crippen molar-refractivity contribution in [3.05, 3.63) is 35.9 Å². The molecule has 20 heavy (non-hydrogen) atoms. The van der Waals surface area contributed by atoms with E-state index in [2.05, 4.69) is 12.2 Å². The lowest BCUT2D eigenvalue weighted by molar-refractivity contribution is -0.132. The van der Waals surface area contributed by atoms with Gasteiger partial charge in [-0.05, 0) is 18.4 Å². The smallest absolute Gasteiger partial charge is 0.226 e. The molecular weight excluding hydrogens is 250 g/mol. The average molecular weight is 275 g/mol. The number of hydrogen-bond donors (Lipinski definition) is 2. The van der Waals surface area contributed by atoms with Gasteiger partial charge in [0.25, 0.3) is 0 Å². The Balaban J connectivity index is 2.05. The van der Waals surface area contributed by atoms with Crippen LogP contribution in [0.25, 0.3) is 0 Å². The molecule has 1 aliphatic carbocycles. The molecule has 3 nitrogen and oxygen atoms in total. The van der Waals surface area contributed by atoms with E-state index >= 15 is 0 Å². The van der Waals surface area contributed by atoms with Crippen molar-refractivity contribution in [3.8, 4) is 0 Å². The Bertz CT molecular complexity index is 422. The summed E-state index contributed by atoms with van der Waals surface area (Å²) in [5.41, 5.74) is 0.680. The summed E-state index contributed by atoms with van der Waals surface area (Å²) in [6.45, 7) is 2.00. The number of aliphatic hydroxyl groups excluding tert-OH is 1. The van der Waals surface area contributed by atoms with E-state index in [1.165, 1.54) is 12.8 Å². The Labute approximate surface area is 121 Å². The third kappa shape index (κ3) is 3.60. The number of aliphatic hydroxyl groups is 1. The lowest BCUT2D eigenvalue weighted by Gasteiger charge is -2.29. The van der Waals surface area contributed by atoms with Crippen LogP contribution < -0.4 is 5.32 Å². The van der Waals surface area contributed by atoms with Gasteiger partial charge >= 0.3 is 0 Å². The number of nitrogens with one attached hydrogen (secondary N) is 1. The van der Waals surface area contributed by atoms with Gasteiger partial charge in [0.15, 0.2) is 0 Å². The maximum atomic E-state index is 12.6. The highest BCUT2D eigenvalue weighted by molar-refractivity contribution is 5.82. The number of amides is 1. The van der Waals surface area contributed by atoms with Crippen LogP contribution in [0, 0.1) is 5.41 Å². The fourth-order valence-corrected chi connectivity index (χ4v) is 2.99. The number of benzene rings is 1. The van der Waals surface area contributed by atoms with E-state index in [1.54, 1.807) is 0 Å². The van der Waals surface area contributed by atoms with Gasteiger partial charge in [0.05, 0.1) is 12.6 Å². The molecule has 0 bridgehead atoms. The summed E-state index contributed by atoms with van der Waals surface area (Å²) in [5, 5.41) is 12.6. The van der Waals surface area contributed by atoms with E-state index in [9.17, 15) is 9.90 Å². The molecule has 0 aliphatic heterocycles. The van der Waals surface area contributed by atoms with Crippen LogP contribution in [-0.2, 0) is 4.79 Å². The Morgan fingerprint density at radius 3 is 2.35 bits per heavy atom. The first-order valence-corrected chi connectivity index (χ1v) is 7.62. The minimum Gasteiger partial charge on any atom is -0.394 e. The second-order valence-corrected chi connectivity index (χ2v) is 6.09. The van der Waals surface area contributed by atoms with Gasteiger partial charge in [-0.3, -0.25) is 4.79 Å². The molecule has 1 aromatic rings. The molecule has 1 aliphatic rings. The van der Waals surface area contributed by atoms with E-state index in [1.807, 2.05) is 30.3 Å². The van der Waals surface area contributed by atoms with Gasteiger partial charge < -0.3 is 10.4 Å². The van der Waals surface area contributed by atoms with Gasteiger partial charge in [-0.2, -0.15) is 0 Å². The molecule has 110 valence electrons. The zero-order valence-corrected chi connectivity index (χ0v) is 12.3. The summed E-state index contributed by atoms with van der Waals surface area (Å²) in [6, 6.07) is 9.37. The van der Waals surface area contributed by atoms with Gasteiger partial charge in [-0.25, -0.2) is 0 Å². The summed E-state index contributed by atoms with van der Waals surface area (Å²) < 4.78 is 0.